The molecule has 1 aliphatic heterocycles. The zero-order valence-electron chi connectivity index (χ0n) is 12.3. The second-order valence-electron chi connectivity index (χ2n) is 5.78. The van der Waals surface area contributed by atoms with E-state index in [0.717, 1.165) is 36.9 Å². The topological polar surface area (TPSA) is 44.2 Å². The summed E-state index contributed by atoms with van der Waals surface area (Å²) in [4.78, 5) is 9.05. The Labute approximate surface area is 129 Å². The number of benzene rings is 1. The molecule has 1 saturated heterocycles. The van der Waals surface area contributed by atoms with Crippen molar-refractivity contribution in [1.29, 1.82) is 0 Å². The highest BCUT2D eigenvalue weighted by atomic mass is 35.5. The lowest BCUT2D eigenvalue weighted by Gasteiger charge is -2.32. The lowest BCUT2D eigenvalue weighted by molar-refractivity contribution is -0.220. The molecule has 0 amide bonds. The molecule has 0 radical (unpaired) electrons. The first-order valence-corrected chi connectivity index (χ1v) is 7.66. The summed E-state index contributed by atoms with van der Waals surface area (Å²) in [7, 11) is 0. The predicted molar refractivity (Wildman–Crippen MR) is 82.3 cm³/mol. The van der Waals surface area contributed by atoms with Gasteiger partial charge < -0.3 is 9.47 Å². The van der Waals surface area contributed by atoms with E-state index in [1.165, 1.54) is 0 Å². The predicted octanol–water partition coefficient (Wildman–Crippen LogP) is 4.06. The van der Waals surface area contributed by atoms with Gasteiger partial charge in [0.1, 0.15) is 11.3 Å². The summed E-state index contributed by atoms with van der Waals surface area (Å²) < 4.78 is 11.7. The molecule has 1 unspecified atom stereocenters. The van der Waals surface area contributed by atoms with Crippen LogP contribution in [-0.2, 0) is 15.1 Å². The van der Waals surface area contributed by atoms with Crippen molar-refractivity contribution < 1.29 is 9.47 Å². The third-order valence-corrected chi connectivity index (χ3v) is 3.93. The van der Waals surface area contributed by atoms with Crippen LogP contribution < -0.4 is 0 Å². The number of aromatic nitrogens is 2. The Morgan fingerprint density at radius 2 is 1.90 bits per heavy atom. The Morgan fingerprint density at radius 1 is 1.19 bits per heavy atom. The molecule has 1 aromatic carbocycles. The number of hydrogen-bond acceptors (Lipinski definition) is 4. The lowest BCUT2D eigenvalue weighted by atomic mass is 10.0. The molecule has 1 atom stereocenters. The molecular formula is C16H19ClN2O2. The quantitative estimate of drug-likeness (QED) is 0.857. The molecule has 4 nitrogen and oxygen atoms in total. The standard InChI is InChI=1S/C16H19ClN2O2/c1-16(2,21-13-9-5-6-10-20-13)14-15(17)19-12-8-4-3-7-11(12)18-14/h3-4,7-8,13H,5-6,9-10H2,1-2H3. The highest BCUT2D eigenvalue weighted by Crippen LogP contribution is 2.32. The van der Waals surface area contributed by atoms with Crippen molar-refractivity contribution in [3.05, 3.63) is 35.1 Å². The minimum atomic E-state index is -0.643. The average Bonchev–Trinajstić information content (AvgIpc) is 2.47. The van der Waals surface area contributed by atoms with Crippen molar-refractivity contribution in [3.63, 3.8) is 0 Å². The second kappa shape index (κ2) is 5.87. The van der Waals surface area contributed by atoms with Crippen LogP contribution in [-0.4, -0.2) is 22.9 Å². The van der Waals surface area contributed by atoms with Gasteiger partial charge in [0.15, 0.2) is 11.4 Å². The van der Waals surface area contributed by atoms with Crippen LogP contribution in [0.15, 0.2) is 24.3 Å². The molecule has 3 rings (SSSR count). The normalized spacial score (nSPS) is 19.9. The number of para-hydroxylation sites is 2. The van der Waals surface area contributed by atoms with E-state index in [0.29, 0.717) is 10.8 Å². The maximum Gasteiger partial charge on any atom is 0.158 e. The van der Waals surface area contributed by atoms with Gasteiger partial charge in [0.25, 0.3) is 0 Å². The molecule has 0 saturated carbocycles. The fraction of sp³-hybridized carbons (Fsp3) is 0.500. The van der Waals surface area contributed by atoms with E-state index >= 15 is 0 Å². The second-order valence-corrected chi connectivity index (χ2v) is 6.13. The van der Waals surface area contributed by atoms with Crippen LogP contribution in [0.1, 0.15) is 38.8 Å². The molecular weight excluding hydrogens is 288 g/mol. The van der Waals surface area contributed by atoms with Crippen LogP contribution in [0.4, 0.5) is 0 Å². The molecule has 1 aliphatic rings. The molecule has 1 aromatic heterocycles. The SMILES string of the molecule is CC(C)(OC1CCCCO1)c1nc2ccccc2nc1Cl. The van der Waals surface area contributed by atoms with Crippen LogP contribution in [0.3, 0.4) is 0 Å². The summed E-state index contributed by atoms with van der Waals surface area (Å²) >= 11 is 6.31. The molecule has 0 bridgehead atoms. The summed E-state index contributed by atoms with van der Waals surface area (Å²) in [6.45, 7) is 4.66. The molecule has 1 fully saturated rings. The van der Waals surface area contributed by atoms with E-state index in [1.54, 1.807) is 0 Å². The zero-order valence-corrected chi connectivity index (χ0v) is 13.1. The highest BCUT2D eigenvalue weighted by molar-refractivity contribution is 6.30. The summed E-state index contributed by atoms with van der Waals surface area (Å²) in [5.41, 5.74) is 1.61. The number of halogens is 1. The lowest BCUT2D eigenvalue weighted by Crippen LogP contribution is -2.33. The van der Waals surface area contributed by atoms with Crippen molar-refractivity contribution in [2.45, 2.75) is 45.0 Å². The third-order valence-electron chi connectivity index (χ3n) is 3.66. The van der Waals surface area contributed by atoms with Crippen molar-refractivity contribution in [1.82, 2.24) is 9.97 Å². The van der Waals surface area contributed by atoms with Gasteiger partial charge in [-0.15, -0.1) is 0 Å². The van der Waals surface area contributed by atoms with Gasteiger partial charge in [-0.2, -0.15) is 0 Å². The van der Waals surface area contributed by atoms with Crippen molar-refractivity contribution >= 4 is 22.6 Å². The molecule has 2 heterocycles. The number of hydrogen-bond donors (Lipinski definition) is 0. The Morgan fingerprint density at radius 3 is 2.57 bits per heavy atom. The average molecular weight is 307 g/mol. The van der Waals surface area contributed by atoms with Gasteiger partial charge in [-0.25, -0.2) is 9.97 Å². The third kappa shape index (κ3) is 3.18. The maximum atomic E-state index is 6.31. The van der Waals surface area contributed by atoms with Gasteiger partial charge in [-0.05, 0) is 45.2 Å². The Bertz CT molecular complexity index is 639. The molecule has 21 heavy (non-hydrogen) atoms. The highest BCUT2D eigenvalue weighted by Gasteiger charge is 2.31. The summed E-state index contributed by atoms with van der Waals surface area (Å²) in [5.74, 6) is 0. The van der Waals surface area contributed by atoms with E-state index in [4.69, 9.17) is 21.1 Å². The van der Waals surface area contributed by atoms with Gasteiger partial charge in [0.05, 0.1) is 11.0 Å². The summed E-state index contributed by atoms with van der Waals surface area (Å²) in [6, 6.07) is 7.68. The number of ether oxygens (including phenoxy) is 2. The van der Waals surface area contributed by atoms with Gasteiger partial charge >= 0.3 is 0 Å². The van der Waals surface area contributed by atoms with Crippen molar-refractivity contribution in [2.75, 3.05) is 6.61 Å². The summed E-state index contributed by atoms with van der Waals surface area (Å²) in [6.07, 6.45) is 2.93. The number of nitrogens with zero attached hydrogens (tertiary/aromatic N) is 2. The first-order chi connectivity index (χ1) is 10.1. The van der Waals surface area contributed by atoms with E-state index in [1.807, 2.05) is 38.1 Å². The smallest absolute Gasteiger partial charge is 0.158 e. The maximum absolute atomic E-state index is 6.31. The molecule has 112 valence electrons. The van der Waals surface area contributed by atoms with E-state index < -0.39 is 5.60 Å². The minimum absolute atomic E-state index is 0.196. The molecule has 0 N–H and O–H groups in total. The first-order valence-electron chi connectivity index (χ1n) is 7.28. The van der Waals surface area contributed by atoms with Gasteiger partial charge in [-0.1, -0.05) is 23.7 Å². The Balaban J connectivity index is 1.91. The van der Waals surface area contributed by atoms with Gasteiger partial charge in [0, 0.05) is 6.61 Å². The van der Waals surface area contributed by atoms with E-state index in [-0.39, 0.29) is 6.29 Å². The van der Waals surface area contributed by atoms with Crippen molar-refractivity contribution in [2.24, 2.45) is 0 Å². The molecule has 2 aromatic rings. The number of fused-ring (bicyclic) bond motifs is 1. The number of rotatable bonds is 3. The monoisotopic (exact) mass is 306 g/mol. The Hall–Kier alpha value is -1.23. The fourth-order valence-corrected chi connectivity index (χ4v) is 2.91. The van der Waals surface area contributed by atoms with Crippen LogP contribution in [0.5, 0.6) is 0 Å². The van der Waals surface area contributed by atoms with Crippen LogP contribution in [0.2, 0.25) is 5.15 Å². The van der Waals surface area contributed by atoms with Gasteiger partial charge in [-0.3, -0.25) is 0 Å². The van der Waals surface area contributed by atoms with Crippen LogP contribution in [0, 0.1) is 0 Å². The van der Waals surface area contributed by atoms with Gasteiger partial charge in [0.2, 0.25) is 0 Å². The molecule has 0 spiro atoms. The van der Waals surface area contributed by atoms with E-state index in [2.05, 4.69) is 9.97 Å². The van der Waals surface area contributed by atoms with Crippen LogP contribution >= 0.6 is 11.6 Å². The Kier molecular flexibility index (Phi) is 4.11. The zero-order chi connectivity index (χ0) is 14.9. The molecule has 0 aliphatic carbocycles. The molecule has 5 heteroatoms. The fourth-order valence-electron chi connectivity index (χ4n) is 2.55. The van der Waals surface area contributed by atoms with Crippen LogP contribution in [0.25, 0.3) is 11.0 Å². The largest absolute Gasteiger partial charge is 0.353 e. The summed E-state index contributed by atoms with van der Waals surface area (Å²) in [5, 5.41) is 0.384. The minimum Gasteiger partial charge on any atom is -0.353 e. The van der Waals surface area contributed by atoms with Crippen molar-refractivity contribution in [3.8, 4) is 0 Å². The first kappa shape index (κ1) is 14.7. The van der Waals surface area contributed by atoms with E-state index in [9.17, 15) is 0 Å².